The van der Waals surface area contributed by atoms with E-state index < -0.39 is 0 Å². The zero-order valence-corrected chi connectivity index (χ0v) is 11.8. The van der Waals surface area contributed by atoms with Crippen molar-refractivity contribution >= 4 is 15.4 Å². The molecule has 1 aromatic rings. The minimum Gasteiger partial charge on any atom is -0.468 e. The van der Waals surface area contributed by atoms with Gasteiger partial charge in [0.15, 0.2) is 0 Å². The molecule has 0 radical (unpaired) electrons. The molecule has 0 aromatic heterocycles. The lowest BCUT2D eigenvalue weighted by atomic mass is 9.96. The molecule has 1 aromatic carbocycles. The number of carbonyl (C=O) groups is 1. The Hall–Kier alpha value is -0.920. The maximum atomic E-state index is 11.5. The Morgan fingerprint density at radius 1 is 1.35 bits per heavy atom. The highest BCUT2D eigenvalue weighted by molar-refractivity contribution is 7.13. The topological polar surface area (TPSA) is 29.5 Å². The fraction of sp³-hybridized carbons (Fsp3) is 0.462. The van der Waals surface area contributed by atoms with Crippen molar-refractivity contribution in [2.24, 2.45) is 0 Å². The molecule has 3 nitrogen and oxygen atoms in total. The van der Waals surface area contributed by atoms with E-state index in [1.54, 1.807) is 0 Å². The molecule has 0 aliphatic carbocycles. The normalized spacial score (nSPS) is 18.7. The van der Waals surface area contributed by atoms with Crippen LogP contribution < -0.4 is 0 Å². The molecule has 94 valence electrons. The maximum Gasteiger partial charge on any atom is 0.323 e. The van der Waals surface area contributed by atoms with Crippen LogP contribution in [0.15, 0.2) is 24.3 Å². The minimum atomic E-state index is -0.171. The van der Waals surface area contributed by atoms with Crippen LogP contribution in [0.5, 0.6) is 0 Å². The van der Waals surface area contributed by atoms with E-state index in [9.17, 15) is 4.79 Å². The molecular formula is C13H20NO2P. The molecule has 0 N–H and O–H groups in total. The molecule has 4 heteroatoms. The van der Waals surface area contributed by atoms with Gasteiger partial charge in [-0.2, -0.15) is 0 Å². The Labute approximate surface area is 105 Å². The van der Waals surface area contributed by atoms with Crippen LogP contribution in [0.1, 0.15) is 25.0 Å². The van der Waals surface area contributed by atoms with Crippen molar-refractivity contribution in [3.05, 3.63) is 35.4 Å². The Bertz CT molecular complexity index is 381. The van der Waals surface area contributed by atoms with Crippen molar-refractivity contribution in [1.29, 1.82) is 0 Å². The van der Waals surface area contributed by atoms with Gasteiger partial charge in [-0.3, -0.25) is 9.46 Å². The summed E-state index contributed by atoms with van der Waals surface area (Å²) >= 11 is 0. The first-order valence-electron chi connectivity index (χ1n) is 5.88. The van der Waals surface area contributed by atoms with Crippen molar-refractivity contribution in [3.8, 4) is 0 Å². The molecule has 1 aliphatic heterocycles. The second-order valence-electron chi connectivity index (χ2n) is 3.68. The Morgan fingerprint density at radius 2 is 1.94 bits per heavy atom. The Morgan fingerprint density at radius 3 is 2.53 bits per heavy atom. The molecule has 2 unspecified atom stereocenters. The number of nitrogens with zero attached hydrogens (tertiary/aromatic N) is 1. The molecule has 2 rings (SSSR count). The smallest absolute Gasteiger partial charge is 0.323 e. The van der Waals surface area contributed by atoms with Crippen LogP contribution in [0, 0.1) is 0 Å². The lowest BCUT2D eigenvalue weighted by molar-refractivity contribution is -0.145. The lowest BCUT2D eigenvalue weighted by Crippen LogP contribution is -2.40. The summed E-state index contributed by atoms with van der Waals surface area (Å²) in [6.07, 6.45) is 0.729. The third-order valence-electron chi connectivity index (χ3n) is 2.76. The zero-order valence-electron chi connectivity index (χ0n) is 10.6. The van der Waals surface area contributed by atoms with Crippen LogP contribution in [0.25, 0.3) is 0 Å². The summed E-state index contributed by atoms with van der Waals surface area (Å²) < 4.78 is 6.73. The van der Waals surface area contributed by atoms with Crippen LogP contribution in [-0.2, 0) is 22.5 Å². The Balaban J connectivity index is 0.000000686. The summed E-state index contributed by atoms with van der Waals surface area (Å²) in [5.41, 5.74) is 2.53. The fourth-order valence-electron chi connectivity index (χ4n) is 1.90. The predicted molar refractivity (Wildman–Crippen MR) is 72.6 cm³/mol. The summed E-state index contributed by atoms with van der Waals surface area (Å²) in [5, 5.41) is 0. The van der Waals surface area contributed by atoms with Gasteiger partial charge in [0.1, 0.15) is 6.04 Å². The van der Waals surface area contributed by atoms with E-state index in [0.29, 0.717) is 0 Å². The number of hydrogen-bond acceptors (Lipinski definition) is 3. The van der Waals surface area contributed by atoms with E-state index in [1.807, 2.05) is 30.7 Å². The van der Waals surface area contributed by atoms with Crippen LogP contribution in [0.3, 0.4) is 0 Å². The number of esters is 1. The van der Waals surface area contributed by atoms with E-state index in [1.165, 1.54) is 18.2 Å². The Kier molecular flexibility index (Phi) is 5.60. The quantitative estimate of drug-likeness (QED) is 0.568. The molecule has 0 saturated carbocycles. The molecule has 0 amide bonds. The molecule has 1 aliphatic rings. The van der Waals surface area contributed by atoms with Gasteiger partial charge >= 0.3 is 5.97 Å². The number of ether oxygens (including phenoxy) is 1. The molecule has 0 saturated heterocycles. The van der Waals surface area contributed by atoms with Crippen molar-refractivity contribution < 1.29 is 9.53 Å². The van der Waals surface area contributed by atoms with E-state index in [-0.39, 0.29) is 12.0 Å². The van der Waals surface area contributed by atoms with Crippen molar-refractivity contribution in [2.45, 2.75) is 32.9 Å². The fourth-order valence-corrected chi connectivity index (χ4v) is 2.32. The molecule has 0 bridgehead atoms. The van der Waals surface area contributed by atoms with Gasteiger partial charge in [-0.1, -0.05) is 47.5 Å². The first-order valence-corrected chi connectivity index (χ1v) is 6.40. The van der Waals surface area contributed by atoms with Gasteiger partial charge in [0.25, 0.3) is 0 Å². The summed E-state index contributed by atoms with van der Waals surface area (Å²) in [6, 6.07) is 8.03. The van der Waals surface area contributed by atoms with E-state index in [0.717, 1.165) is 13.0 Å². The van der Waals surface area contributed by atoms with Gasteiger partial charge in [0, 0.05) is 6.54 Å². The second-order valence-corrected chi connectivity index (χ2v) is 4.35. The number of carbonyl (C=O) groups excluding carboxylic acids is 1. The second kappa shape index (κ2) is 6.73. The van der Waals surface area contributed by atoms with Gasteiger partial charge in [-0.05, 0) is 17.5 Å². The third-order valence-corrected chi connectivity index (χ3v) is 3.30. The van der Waals surface area contributed by atoms with Crippen LogP contribution in [-0.4, -0.2) is 23.8 Å². The molecule has 0 spiro atoms. The average molecular weight is 253 g/mol. The van der Waals surface area contributed by atoms with E-state index in [4.69, 9.17) is 4.74 Å². The standard InChI is InChI=1S/C11H14NO2P.C2H6/c1-14-11(13)10-6-8-4-2-3-5-9(8)7-12(10)15;1-2/h2-5,10H,6-7,15H2,1H3;1-2H3. The molecule has 0 fully saturated rings. The highest BCUT2D eigenvalue weighted by atomic mass is 31.0. The van der Waals surface area contributed by atoms with Crippen molar-refractivity contribution in [3.63, 3.8) is 0 Å². The van der Waals surface area contributed by atoms with Gasteiger partial charge in [0.05, 0.1) is 7.11 Å². The summed E-state index contributed by atoms with van der Waals surface area (Å²) in [6.45, 7) is 4.78. The van der Waals surface area contributed by atoms with Crippen LogP contribution in [0.2, 0.25) is 0 Å². The molecule has 1 heterocycles. The number of benzene rings is 1. The van der Waals surface area contributed by atoms with Crippen molar-refractivity contribution in [2.75, 3.05) is 7.11 Å². The predicted octanol–water partition coefficient (Wildman–Crippen LogP) is 2.40. The lowest BCUT2D eigenvalue weighted by Gasteiger charge is -2.31. The highest BCUT2D eigenvalue weighted by Crippen LogP contribution is 2.26. The minimum absolute atomic E-state index is 0.167. The summed E-state index contributed by atoms with van der Waals surface area (Å²) in [4.78, 5) is 11.5. The average Bonchev–Trinajstić information content (AvgIpc) is 2.39. The van der Waals surface area contributed by atoms with Gasteiger partial charge < -0.3 is 4.74 Å². The summed E-state index contributed by atoms with van der Waals surface area (Å²) in [7, 11) is 4.03. The maximum absolute atomic E-state index is 11.5. The molecular weight excluding hydrogens is 233 g/mol. The van der Waals surface area contributed by atoms with E-state index >= 15 is 0 Å². The third kappa shape index (κ3) is 3.27. The first-order chi connectivity index (χ1) is 8.22. The largest absolute Gasteiger partial charge is 0.468 e. The molecule has 17 heavy (non-hydrogen) atoms. The van der Waals surface area contributed by atoms with Gasteiger partial charge in [0.2, 0.25) is 0 Å². The first kappa shape index (κ1) is 14.1. The molecule has 2 atom stereocenters. The SMILES string of the molecule is CC.COC(=O)C1Cc2ccccc2CN1P. The van der Waals surface area contributed by atoms with Gasteiger partial charge in [-0.25, -0.2) is 0 Å². The number of methoxy groups -OCH3 is 1. The van der Waals surface area contributed by atoms with E-state index in [2.05, 4.69) is 21.5 Å². The number of fused-ring (bicyclic) bond motifs is 1. The van der Waals surface area contributed by atoms with Gasteiger partial charge in [-0.15, -0.1) is 0 Å². The van der Waals surface area contributed by atoms with Crippen molar-refractivity contribution in [1.82, 2.24) is 4.67 Å². The number of rotatable bonds is 1. The zero-order chi connectivity index (χ0) is 12.8. The monoisotopic (exact) mass is 253 g/mol. The number of hydrogen-bond donors (Lipinski definition) is 0. The summed E-state index contributed by atoms with van der Waals surface area (Å²) in [5.74, 6) is -0.167. The van der Waals surface area contributed by atoms with Crippen LogP contribution >= 0.6 is 9.39 Å². The highest BCUT2D eigenvalue weighted by Gasteiger charge is 2.29. The van der Waals surface area contributed by atoms with Crippen LogP contribution in [0.4, 0.5) is 0 Å².